The van der Waals surface area contributed by atoms with Crippen molar-refractivity contribution in [2.24, 2.45) is 7.05 Å². The summed E-state index contributed by atoms with van der Waals surface area (Å²) in [6.07, 6.45) is 2.53. The molecule has 0 radical (unpaired) electrons. The third-order valence-corrected chi connectivity index (χ3v) is 3.42. The number of benzene rings is 1. The van der Waals surface area contributed by atoms with Gasteiger partial charge < -0.3 is 5.32 Å². The summed E-state index contributed by atoms with van der Waals surface area (Å²) >= 11 is 0. The lowest BCUT2D eigenvalue weighted by atomic mass is 9.94. The molecule has 2 rings (SSSR count). The lowest BCUT2D eigenvalue weighted by Crippen LogP contribution is -2.23. The average Bonchev–Trinajstić information content (AvgIpc) is 2.81. The molecule has 4 heteroatoms. The van der Waals surface area contributed by atoms with Gasteiger partial charge in [0.05, 0.1) is 0 Å². The molecule has 1 aromatic carbocycles. The van der Waals surface area contributed by atoms with Crippen LogP contribution < -0.4 is 5.32 Å². The van der Waals surface area contributed by atoms with Gasteiger partial charge in [-0.05, 0) is 19.0 Å². The van der Waals surface area contributed by atoms with Crippen molar-refractivity contribution in [1.82, 2.24) is 20.1 Å². The van der Waals surface area contributed by atoms with E-state index in [2.05, 4.69) is 53.5 Å². The highest BCUT2D eigenvalue weighted by Gasteiger charge is 2.14. The van der Waals surface area contributed by atoms with Crippen LogP contribution in [-0.4, -0.2) is 27.9 Å². The molecule has 102 valence electrons. The fourth-order valence-electron chi connectivity index (χ4n) is 2.19. The number of likely N-dealkylation sites (N-methyl/N-ethyl adjacent to an activating group) is 1. The summed E-state index contributed by atoms with van der Waals surface area (Å²) in [5.74, 6) is 1.46. The summed E-state index contributed by atoms with van der Waals surface area (Å²) < 4.78 is 1.85. The second-order valence-electron chi connectivity index (χ2n) is 4.92. The highest BCUT2D eigenvalue weighted by Crippen LogP contribution is 2.19. The Bertz CT molecular complexity index is 501. The van der Waals surface area contributed by atoms with Crippen molar-refractivity contribution in [1.29, 1.82) is 0 Å². The number of aryl methyl sites for hydroxylation is 2. The topological polar surface area (TPSA) is 42.7 Å². The zero-order valence-corrected chi connectivity index (χ0v) is 11.9. The van der Waals surface area contributed by atoms with Crippen molar-refractivity contribution in [2.75, 3.05) is 13.1 Å². The zero-order valence-electron chi connectivity index (χ0n) is 11.9. The van der Waals surface area contributed by atoms with E-state index in [-0.39, 0.29) is 0 Å². The Hall–Kier alpha value is -1.68. The van der Waals surface area contributed by atoms with Gasteiger partial charge in [-0.3, -0.25) is 4.68 Å². The lowest BCUT2D eigenvalue weighted by Gasteiger charge is -2.17. The van der Waals surface area contributed by atoms with Crippen molar-refractivity contribution in [3.05, 3.63) is 47.5 Å². The Labute approximate surface area is 114 Å². The molecule has 0 aliphatic rings. The second-order valence-corrected chi connectivity index (χ2v) is 4.92. The standard InChI is InChI=1S/C15H22N4/c1-4-16-10-14(9-15-17-11-18-19(15)3)13-7-5-12(2)6-8-13/h5-8,11,14,16H,4,9-10H2,1-3H3. The minimum Gasteiger partial charge on any atom is -0.316 e. The molecule has 0 amide bonds. The smallest absolute Gasteiger partial charge is 0.138 e. The normalized spacial score (nSPS) is 12.6. The molecule has 0 aliphatic heterocycles. The molecule has 0 bridgehead atoms. The minimum atomic E-state index is 0.434. The average molecular weight is 258 g/mol. The first-order valence-corrected chi connectivity index (χ1v) is 6.81. The Kier molecular flexibility index (Phi) is 4.68. The second kappa shape index (κ2) is 6.48. The van der Waals surface area contributed by atoms with Gasteiger partial charge in [-0.25, -0.2) is 4.98 Å². The van der Waals surface area contributed by atoms with E-state index in [9.17, 15) is 0 Å². The first-order valence-electron chi connectivity index (χ1n) is 6.81. The van der Waals surface area contributed by atoms with Gasteiger partial charge in [0.2, 0.25) is 0 Å². The summed E-state index contributed by atoms with van der Waals surface area (Å²) in [5.41, 5.74) is 2.65. The van der Waals surface area contributed by atoms with Gasteiger partial charge in [-0.1, -0.05) is 36.8 Å². The predicted octanol–water partition coefficient (Wildman–Crippen LogP) is 2.06. The highest BCUT2D eigenvalue weighted by atomic mass is 15.3. The van der Waals surface area contributed by atoms with Crippen LogP contribution in [0, 0.1) is 6.92 Å². The highest BCUT2D eigenvalue weighted by molar-refractivity contribution is 5.25. The van der Waals surface area contributed by atoms with Crippen molar-refractivity contribution in [3.63, 3.8) is 0 Å². The van der Waals surface area contributed by atoms with E-state index in [4.69, 9.17) is 0 Å². The molecule has 1 unspecified atom stereocenters. The quantitative estimate of drug-likeness (QED) is 0.862. The molecule has 1 N–H and O–H groups in total. The Morgan fingerprint density at radius 1 is 1.26 bits per heavy atom. The summed E-state index contributed by atoms with van der Waals surface area (Å²) in [4.78, 5) is 4.33. The van der Waals surface area contributed by atoms with Gasteiger partial charge in [0.15, 0.2) is 0 Å². The molecule has 0 spiro atoms. The van der Waals surface area contributed by atoms with Crippen LogP contribution in [0.25, 0.3) is 0 Å². The zero-order chi connectivity index (χ0) is 13.7. The third-order valence-electron chi connectivity index (χ3n) is 3.42. The molecule has 0 aliphatic carbocycles. The van der Waals surface area contributed by atoms with Gasteiger partial charge in [-0.2, -0.15) is 5.10 Å². The van der Waals surface area contributed by atoms with E-state index in [0.29, 0.717) is 5.92 Å². The van der Waals surface area contributed by atoms with E-state index < -0.39 is 0 Å². The van der Waals surface area contributed by atoms with E-state index in [1.165, 1.54) is 11.1 Å². The Morgan fingerprint density at radius 2 is 2.00 bits per heavy atom. The van der Waals surface area contributed by atoms with Crippen LogP contribution in [0.1, 0.15) is 29.8 Å². The maximum Gasteiger partial charge on any atom is 0.138 e. The Balaban J connectivity index is 2.15. The third kappa shape index (κ3) is 3.64. The molecule has 0 fully saturated rings. The monoisotopic (exact) mass is 258 g/mol. The van der Waals surface area contributed by atoms with Gasteiger partial charge in [0, 0.05) is 25.9 Å². The van der Waals surface area contributed by atoms with Gasteiger partial charge in [-0.15, -0.1) is 0 Å². The molecule has 1 atom stereocenters. The molecule has 0 saturated heterocycles. The number of hydrogen-bond acceptors (Lipinski definition) is 3. The largest absolute Gasteiger partial charge is 0.316 e. The molecular weight excluding hydrogens is 236 g/mol. The van der Waals surface area contributed by atoms with Crippen molar-refractivity contribution in [3.8, 4) is 0 Å². The summed E-state index contributed by atoms with van der Waals surface area (Å²) in [6, 6.07) is 8.78. The van der Waals surface area contributed by atoms with Crippen LogP contribution in [0.3, 0.4) is 0 Å². The SMILES string of the molecule is CCNCC(Cc1ncnn1C)c1ccc(C)cc1. The first kappa shape index (κ1) is 13.7. The summed E-state index contributed by atoms with van der Waals surface area (Å²) in [6.45, 7) is 6.20. The summed E-state index contributed by atoms with van der Waals surface area (Å²) in [7, 11) is 1.95. The fraction of sp³-hybridized carbons (Fsp3) is 0.467. The molecule has 1 heterocycles. The maximum absolute atomic E-state index is 4.33. The maximum atomic E-state index is 4.33. The van der Waals surface area contributed by atoms with Gasteiger partial charge in [0.1, 0.15) is 12.2 Å². The number of hydrogen-bond donors (Lipinski definition) is 1. The molecule has 1 aromatic heterocycles. The van der Waals surface area contributed by atoms with Crippen LogP contribution in [0.5, 0.6) is 0 Å². The van der Waals surface area contributed by atoms with E-state index in [0.717, 1.165) is 25.3 Å². The molecule has 0 saturated carbocycles. The Morgan fingerprint density at radius 3 is 2.58 bits per heavy atom. The number of nitrogens with one attached hydrogen (secondary N) is 1. The minimum absolute atomic E-state index is 0.434. The van der Waals surface area contributed by atoms with Crippen molar-refractivity contribution < 1.29 is 0 Å². The number of nitrogens with zero attached hydrogens (tertiary/aromatic N) is 3. The number of aromatic nitrogens is 3. The predicted molar refractivity (Wildman–Crippen MR) is 77.2 cm³/mol. The van der Waals surface area contributed by atoms with Crippen LogP contribution >= 0.6 is 0 Å². The van der Waals surface area contributed by atoms with Crippen LogP contribution in [0.4, 0.5) is 0 Å². The van der Waals surface area contributed by atoms with Crippen LogP contribution in [0.2, 0.25) is 0 Å². The van der Waals surface area contributed by atoms with E-state index >= 15 is 0 Å². The van der Waals surface area contributed by atoms with E-state index in [1.54, 1.807) is 6.33 Å². The molecule has 2 aromatic rings. The molecule has 4 nitrogen and oxygen atoms in total. The van der Waals surface area contributed by atoms with Gasteiger partial charge in [0.25, 0.3) is 0 Å². The van der Waals surface area contributed by atoms with Crippen LogP contribution in [-0.2, 0) is 13.5 Å². The van der Waals surface area contributed by atoms with Crippen LogP contribution in [0.15, 0.2) is 30.6 Å². The first-order chi connectivity index (χ1) is 9.20. The molecular formula is C15H22N4. The summed E-state index contributed by atoms with van der Waals surface area (Å²) in [5, 5.41) is 7.58. The van der Waals surface area contributed by atoms with Crippen molar-refractivity contribution in [2.45, 2.75) is 26.2 Å². The van der Waals surface area contributed by atoms with Gasteiger partial charge >= 0.3 is 0 Å². The molecule has 19 heavy (non-hydrogen) atoms. The van der Waals surface area contributed by atoms with Crippen molar-refractivity contribution >= 4 is 0 Å². The van der Waals surface area contributed by atoms with E-state index in [1.807, 2.05) is 11.7 Å². The lowest BCUT2D eigenvalue weighted by molar-refractivity contribution is 0.563. The fourth-order valence-corrected chi connectivity index (χ4v) is 2.19. The number of rotatable bonds is 6.